The SMILES string of the molecule is CCCCNc1nc2ccc(F)cc2n2c(-c3ccc(C(=O)NC4CC4)cc3)cnc12. The molecule has 1 aliphatic carbocycles. The third-order valence-corrected chi connectivity index (χ3v) is 5.56. The Morgan fingerprint density at radius 3 is 2.74 bits per heavy atom. The zero-order chi connectivity index (χ0) is 21.4. The summed E-state index contributed by atoms with van der Waals surface area (Å²) < 4.78 is 16.0. The Balaban J connectivity index is 1.59. The van der Waals surface area contributed by atoms with E-state index in [9.17, 15) is 9.18 Å². The predicted octanol–water partition coefficient (Wildman–Crippen LogP) is 4.79. The first-order valence-corrected chi connectivity index (χ1v) is 10.8. The molecule has 7 heteroatoms. The molecule has 6 nitrogen and oxygen atoms in total. The molecule has 2 aromatic heterocycles. The summed E-state index contributed by atoms with van der Waals surface area (Å²) in [6.07, 6.45) is 5.97. The van der Waals surface area contributed by atoms with Crippen molar-refractivity contribution in [2.45, 2.75) is 38.6 Å². The fourth-order valence-electron chi connectivity index (χ4n) is 3.70. The molecule has 1 saturated carbocycles. The van der Waals surface area contributed by atoms with Crippen LogP contribution < -0.4 is 10.6 Å². The zero-order valence-electron chi connectivity index (χ0n) is 17.4. The summed E-state index contributed by atoms with van der Waals surface area (Å²) in [6, 6.07) is 12.3. The molecule has 2 N–H and O–H groups in total. The predicted molar refractivity (Wildman–Crippen MR) is 120 cm³/mol. The van der Waals surface area contributed by atoms with Crippen molar-refractivity contribution in [1.29, 1.82) is 0 Å². The Kier molecular flexibility index (Phi) is 5.02. The van der Waals surface area contributed by atoms with Gasteiger partial charge in [0.25, 0.3) is 5.91 Å². The molecule has 4 aromatic rings. The summed E-state index contributed by atoms with van der Waals surface area (Å²) in [5, 5.41) is 6.37. The number of carbonyl (C=O) groups excluding carboxylic acids is 1. The molecule has 1 amide bonds. The summed E-state index contributed by atoms with van der Waals surface area (Å²) in [6.45, 7) is 2.93. The molecular formula is C24H24FN5O. The topological polar surface area (TPSA) is 71.3 Å². The van der Waals surface area contributed by atoms with Crippen LogP contribution in [0.25, 0.3) is 27.9 Å². The van der Waals surface area contributed by atoms with Crippen molar-refractivity contribution in [3.8, 4) is 11.3 Å². The lowest BCUT2D eigenvalue weighted by atomic mass is 10.1. The molecular weight excluding hydrogens is 393 g/mol. The zero-order valence-corrected chi connectivity index (χ0v) is 17.4. The number of unbranched alkanes of at least 4 members (excludes halogenated alkanes) is 1. The molecule has 0 aliphatic heterocycles. The number of imidazole rings is 1. The number of halogens is 1. The first kappa shape index (κ1) is 19.5. The third-order valence-electron chi connectivity index (χ3n) is 5.56. The number of benzene rings is 2. The monoisotopic (exact) mass is 417 g/mol. The molecule has 1 fully saturated rings. The lowest BCUT2D eigenvalue weighted by Gasteiger charge is -2.12. The molecule has 0 atom stereocenters. The maximum Gasteiger partial charge on any atom is 0.251 e. The van der Waals surface area contributed by atoms with Crippen LogP contribution in [0.4, 0.5) is 10.2 Å². The minimum Gasteiger partial charge on any atom is -0.367 e. The van der Waals surface area contributed by atoms with Crippen molar-refractivity contribution in [3.63, 3.8) is 0 Å². The van der Waals surface area contributed by atoms with E-state index >= 15 is 0 Å². The van der Waals surface area contributed by atoms with Crippen LogP contribution in [0.3, 0.4) is 0 Å². The average molecular weight is 417 g/mol. The third kappa shape index (κ3) is 3.83. The highest BCUT2D eigenvalue weighted by Gasteiger charge is 2.24. The van der Waals surface area contributed by atoms with E-state index in [-0.39, 0.29) is 11.7 Å². The Labute approximate surface area is 179 Å². The van der Waals surface area contributed by atoms with E-state index in [1.165, 1.54) is 12.1 Å². The summed E-state index contributed by atoms with van der Waals surface area (Å²) in [5.41, 5.74) is 4.34. The maximum absolute atomic E-state index is 14.1. The maximum atomic E-state index is 14.1. The second-order valence-corrected chi connectivity index (χ2v) is 8.00. The van der Waals surface area contributed by atoms with E-state index < -0.39 is 0 Å². The number of amides is 1. The van der Waals surface area contributed by atoms with Gasteiger partial charge in [-0.2, -0.15) is 0 Å². The van der Waals surface area contributed by atoms with Gasteiger partial charge in [-0.05, 0) is 43.5 Å². The molecule has 158 valence electrons. The van der Waals surface area contributed by atoms with Gasteiger partial charge in [-0.25, -0.2) is 14.4 Å². The Morgan fingerprint density at radius 1 is 1.19 bits per heavy atom. The van der Waals surface area contributed by atoms with Gasteiger partial charge in [0, 0.05) is 29.8 Å². The number of aromatic nitrogens is 3. The summed E-state index contributed by atoms with van der Waals surface area (Å²) in [7, 11) is 0. The van der Waals surface area contributed by atoms with Crippen LogP contribution in [0.2, 0.25) is 0 Å². The van der Waals surface area contributed by atoms with Crippen LogP contribution in [-0.4, -0.2) is 32.9 Å². The van der Waals surface area contributed by atoms with E-state index in [4.69, 9.17) is 0 Å². The lowest BCUT2D eigenvalue weighted by Crippen LogP contribution is -2.25. The second kappa shape index (κ2) is 7.98. The fourth-order valence-corrected chi connectivity index (χ4v) is 3.70. The second-order valence-electron chi connectivity index (χ2n) is 8.00. The largest absolute Gasteiger partial charge is 0.367 e. The van der Waals surface area contributed by atoms with Crippen molar-refractivity contribution in [3.05, 3.63) is 60.0 Å². The van der Waals surface area contributed by atoms with E-state index in [2.05, 4.69) is 27.5 Å². The molecule has 31 heavy (non-hydrogen) atoms. The van der Waals surface area contributed by atoms with Crippen LogP contribution in [0.15, 0.2) is 48.7 Å². The van der Waals surface area contributed by atoms with Gasteiger partial charge in [0.1, 0.15) is 5.82 Å². The number of carbonyl (C=O) groups is 1. The van der Waals surface area contributed by atoms with Gasteiger partial charge in [0.2, 0.25) is 0 Å². The highest BCUT2D eigenvalue weighted by atomic mass is 19.1. The molecule has 1 aliphatic rings. The summed E-state index contributed by atoms with van der Waals surface area (Å²) >= 11 is 0. The Bertz CT molecular complexity index is 1260. The van der Waals surface area contributed by atoms with Gasteiger partial charge in [-0.1, -0.05) is 25.5 Å². The van der Waals surface area contributed by atoms with Crippen molar-refractivity contribution < 1.29 is 9.18 Å². The van der Waals surface area contributed by atoms with E-state index in [1.807, 2.05) is 28.7 Å². The normalized spacial score (nSPS) is 13.6. The van der Waals surface area contributed by atoms with Gasteiger partial charge in [0.15, 0.2) is 11.5 Å². The first-order chi connectivity index (χ1) is 15.1. The van der Waals surface area contributed by atoms with Crippen LogP contribution >= 0.6 is 0 Å². The van der Waals surface area contributed by atoms with Crippen molar-refractivity contribution >= 4 is 28.4 Å². The minimum absolute atomic E-state index is 0.0497. The number of nitrogens with one attached hydrogen (secondary N) is 2. The van der Waals surface area contributed by atoms with Gasteiger partial charge in [-0.15, -0.1) is 0 Å². The smallest absolute Gasteiger partial charge is 0.251 e. The molecule has 0 bridgehead atoms. The summed E-state index contributed by atoms with van der Waals surface area (Å²) in [4.78, 5) is 21.6. The molecule has 5 rings (SSSR count). The van der Waals surface area contributed by atoms with E-state index in [0.717, 1.165) is 43.5 Å². The van der Waals surface area contributed by atoms with Gasteiger partial charge < -0.3 is 10.6 Å². The quantitative estimate of drug-likeness (QED) is 0.424. The van der Waals surface area contributed by atoms with Gasteiger partial charge >= 0.3 is 0 Å². The molecule has 0 saturated heterocycles. The minimum atomic E-state index is -0.325. The average Bonchev–Trinajstić information content (AvgIpc) is 3.48. The first-order valence-electron chi connectivity index (χ1n) is 10.8. The van der Waals surface area contributed by atoms with Crippen LogP contribution in [0, 0.1) is 5.82 Å². The van der Waals surface area contributed by atoms with E-state index in [1.54, 1.807) is 12.3 Å². The molecule has 0 radical (unpaired) electrons. The van der Waals surface area contributed by atoms with E-state index in [0.29, 0.717) is 34.1 Å². The standard InChI is InChI=1S/C24H24FN5O/c1-2-3-12-26-22-23-27-14-21(30(23)20-13-17(25)8-11-19(20)29-22)15-4-6-16(7-5-15)24(31)28-18-9-10-18/h4-8,11,13-14,18H,2-3,9-10,12H2,1H3,(H,26,29)(H,28,31). The number of rotatable bonds is 7. The molecule has 0 spiro atoms. The summed E-state index contributed by atoms with van der Waals surface area (Å²) in [5.74, 6) is 0.305. The van der Waals surface area contributed by atoms with Crippen LogP contribution in [0.5, 0.6) is 0 Å². The molecule has 2 heterocycles. The number of hydrogen-bond donors (Lipinski definition) is 2. The number of fused-ring (bicyclic) bond motifs is 3. The van der Waals surface area contributed by atoms with Crippen LogP contribution in [0.1, 0.15) is 43.0 Å². The van der Waals surface area contributed by atoms with Gasteiger partial charge in [0.05, 0.1) is 22.9 Å². The van der Waals surface area contributed by atoms with Crippen molar-refractivity contribution in [2.75, 3.05) is 11.9 Å². The molecule has 0 unspecified atom stereocenters. The lowest BCUT2D eigenvalue weighted by molar-refractivity contribution is 0.0951. The highest BCUT2D eigenvalue weighted by molar-refractivity contribution is 5.95. The molecule has 2 aromatic carbocycles. The fraction of sp³-hybridized carbons (Fsp3) is 0.292. The van der Waals surface area contributed by atoms with Gasteiger partial charge in [-0.3, -0.25) is 9.20 Å². The highest BCUT2D eigenvalue weighted by Crippen LogP contribution is 2.29. The van der Waals surface area contributed by atoms with Crippen LogP contribution in [-0.2, 0) is 0 Å². The van der Waals surface area contributed by atoms with Crippen molar-refractivity contribution in [2.24, 2.45) is 0 Å². The number of nitrogens with zero attached hydrogens (tertiary/aromatic N) is 3. The van der Waals surface area contributed by atoms with Crippen molar-refractivity contribution in [1.82, 2.24) is 19.7 Å². The Morgan fingerprint density at radius 2 is 2.00 bits per heavy atom. The Hall–Kier alpha value is -3.48. The number of anilines is 1. The number of hydrogen-bond acceptors (Lipinski definition) is 4.